The maximum atomic E-state index is 12.6. The Morgan fingerprint density at radius 1 is 1.39 bits per heavy atom. The molecular formula is C13H24N2O3. The highest BCUT2D eigenvalue weighted by molar-refractivity contribution is 5.87. The number of nitrogens with zero attached hydrogens (tertiary/aromatic N) is 1. The Hall–Kier alpha value is -1.10. The first-order valence-electron chi connectivity index (χ1n) is 6.82. The average molecular weight is 256 g/mol. The third kappa shape index (κ3) is 3.45. The number of carbonyl (C=O) groups excluding carboxylic acids is 1. The van der Waals surface area contributed by atoms with Gasteiger partial charge in [-0.3, -0.25) is 9.59 Å². The van der Waals surface area contributed by atoms with Crippen LogP contribution in [-0.2, 0) is 9.59 Å². The van der Waals surface area contributed by atoms with Gasteiger partial charge in [-0.05, 0) is 32.7 Å². The van der Waals surface area contributed by atoms with E-state index in [1.807, 2.05) is 6.92 Å². The molecule has 0 saturated carbocycles. The molecule has 1 aliphatic heterocycles. The van der Waals surface area contributed by atoms with Gasteiger partial charge in [0, 0.05) is 13.1 Å². The first-order chi connectivity index (χ1) is 8.55. The molecule has 1 unspecified atom stereocenters. The van der Waals surface area contributed by atoms with Crippen molar-refractivity contribution in [3.8, 4) is 0 Å². The van der Waals surface area contributed by atoms with Gasteiger partial charge in [0.25, 0.3) is 0 Å². The molecule has 104 valence electrons. The van der Waals surface area contributed by atoms with Gasteiger partial charge in [-0.25, -0.2) is 0 Å². The zero-order chi connectivity index (χ0) is 13.6. The zero-order valence-electron chi connectivity index (χ0n) is 11.4. The van der Waals surface area contributed by atoms with Crippen LogP contribution in [0.15, 0.2) is 0 Å². The molecule has 0 spiro atoms. The van der Waals surface area contributed by atoms with E-state index in [9.17, 15) is 9.59 Å². The number of likely N-dealkylation sites (N-methyl/N-ethyl adjacent to an activating group) is 1. The van der Waals surface area contributed by atoms with Crippen molar-refractivity contribution in [2.45, 2.75) is 51.5 Å². The molecule has 1 fully saturated rings. The molecule has 0 bridgehead atoms. The molecule has 1 saturated heterocycles. The topological polar surface area (TPSA) is 69.6 Å². The molecule has 0 aromatic rings. The number of carboxylic acid groups (broad SMARTS) is 1. The Bertz CT molecular complexity index is 299. The fourth-order valence-electron chi connectivity index (χ4n) is 2.67. The number of aliphatic carboxylic acids is 1. The fraction of sp³-hybridized carbons (Fsp3) is 0.846. The predicted octanol–water partition coefficient (Wildman–Crippen LogP) is 1.23. The van der Waals surface area contributed by atoms with Crippen LogP contribution in [0.1, 0.15) is 46.0 Å². The third-order valence-corrected chi connectivity index (χ3v) is 3.59. The third-order valence-electron chi connectivity index (χ3n) is 3.59. The first kappa shape index (κ1) is 15.0. The molecule has 1 aliphatic rings. The molecule has 2 N–H and O–H groups in total. The number of rotatable bonds is 7. The Morgan fingerprint density at radius 2 is 2.11 bits per heavy atom. The van der Waals surface area contributed by atoms with Crippen LogP contribution in [0.4, 0.5) is 0 Å². The lowest BCUT2D eigenvalue weighted by Crippen LogP contribution is -2.55. The minimum Gasteiger partial charge on any atom is -0.481 e. The van der Waals surface area contributed by atoms with E-state index in [4.69, 9.17) is 5.11 Å². The number of carboxylic acids is 1. The van der Waals surface area contributed by atoms with Crippen LogP contribution in [0, 0.1) is 0 Å². The van der Waals surface area contributed by atoms with E-state index in [0.717, 1.165) is 32.2 Å². The smallest absolute Gasteiger partial charge is 0.305 e. The van der Waals surface area contributed by atoms with Crippen LogP contribution in [-0.4, -0.2) is 47.1 Å². The van der Waals surface area contributed by atoms with Gasteiger partial charge in [0.1, 0.15) is 0 Å². The van der Waals surface area contributed by atoms with E-state index in [1.54, 1.807) is 4.90 Å². The van der Waals surface area contributed by atoms with Gasteiger partial charge in [-0.1, -0.05) is 13.3 Å². The Balaban J connectivity index is 2.70. The minimum absolute atomic E-state index is 0.0157. The Kier molecular flexibility index (Phi) is 5.59. The van der Waals surface area contributed by atoms with Crippen molar-refractivity contribution in [3.05, 3.63) is 0 Å². The molecule has 0 radical (unpaired) electrons. The van der Waals surface area contributed by atoms with E-state index in [2.05, 4.69) is 12.2 Å². The molecule has 1 rings (SSSR count). The molecular weight excluding hydrogens is 232 g/mol. The normalized spacial score (nSPS) is 23.0. The van der Waals surface area contributed by atoms with Crippen molar-refractivity contribution in [1.29, 1.82) is 0 Å². The van der Waals surface area contributed by atoms with Gasteiger partial charge in [0.05, 0.1) is 12.0 Å². The van der Waals surface area contributed by atoms with Gasteiger partial charge in [-0.15, -0.1) is 0 Å². The average Bonchev–Trinajstić information content (AvgIpc) is 2.79. The molecule has 0 aromatic carbocycles. The lowest BCUT2D eigenvalue weighted by atomic mass is 9.90. The summed E-state index contributed by atoms with van der Waals surface area (Å²) in [7, 11) is 0. The van der Waals surface area contributed by atoms with Gasteiger partial charge in [0.2, 0.25) is 5.91 Å². The van der Waals surface area contributed by atoms with Gasteiger partial charge in [0.15, 0.2) is 0 Å². The first-order valence-corrected chi connectivity index (χ1v) is 6.82. The predicted molar refractivity (Wildman–Crippen MR) is 69.4 cm³/mol. The van der Waals surface area contributed by atoms with E-state index in [0.29, 0.717) is 13.1 Å². The standard InChI is InChI=1S/C13H24N2O3/c1-3-7-13(8-5-9-14-13)12(18)15(4-2)10-6-11(16)17/h14H,3-10H2,1-2H3,(H,16,17). The number of carbonyl (C=O) groups is 2. The van der Waals surface area contributed by atoms with Crippen LogP contribution in [0.5, 0.6) is 0 Å². The summed E-state index contributed by atoms with van der Waals surface area (Å²) in [6.07, 6.45) is 3.68. The zero-order valence-corrected chi connectivity index (χ0v) is 11.4. The van der Waals surface area contributed by atoms with E-state index in [-0.39, 0.29) is 12.3 Å². The van der Waals surface area contributed by atoms with E-state index in [1.165, 1.54) is 0 Å². The molecule has 1 amide bonds. The molecule has 0 aliphatic carbocycles. The summed E-state index contributed by atoms with van der Waals surface area (Å²) < 4.78 is 0. The highest BCUT2D eigenvalue weighted by atomic mass is 16.4. The summed E-state index contributed by atoms with van der Waals surface area (Å²) in [6.45, 7) is 5.72. The minimum atomic E-state index is -0.856. The van der Waals surface area contributed by atoms with Crippen LogP contribution in [0.25, 0.3) is 0 Å². The van der Waals surface area contributed by atoms with Crippen molar-refractivity contribution < 1.29 is 14.7 Å². The number of hydrogen-bond acceptors (Lipinski definition) is 3. The lowest BCUT2D eigenvalue weighted by Gasteiger charge is -2.34. The summed E-state index contributed by atoms with van der Waals surface area (Å²) in [5.41, 5.74) is -0.441. The second-order valence-corrected chi connectivity index (χ2v) is 4.89. The summed E-state index contributed by atoms with van der Waals surface area (Å²) in [4.78, 5) is 24.9. The summed E-state index contributed by atoms with van der Waals surface area (Å²) >= 11 is 0. The number of hydrogen-bond donors (Lipinski definition) is 2. The van der Waals surface area contributed by atoms with Crippen molar-refractivity contribution in [2.24, 2.45) is 0 Å². The van der Waals surface area contributed by atoms with Gasteiger partial charge < -0.3 is 15.3 Å². The Labute approximate surface area is 109 Å². The number of amides is 1. The summed E-state index contributed by atoms with van der Waals surface area (Å²) in [5.74, 6) is -0.782. The second-order valence-electron chi connectivity index (χ2n) is 4.89. The molecule has 1 atom stereocenters. The van der Waals surface area contributed by atoms with Gasteiger partial charge >= 0.3 is 5.97 Å². The maximum Gasteiger partial charge on any atom is 0.305 e. The number of nitrogens with one attached hydrogen (secondary N) is 1. The van der Waals surface area contributed by atoms with Crippen LogP contribution in [0.2, 0.25) is 0 Å². The molecule has 0 aromatic heterocycles. The monoisotopic (exact) mass is 256 g/mol. The second kappa shape index (κ2) is 6.73. The van der Waals surface area contributed by atoms with Crippen LogP contribution >= 0.6 is 0 Å². The lowest BCUT2D eigenvalue weighted by molar-refractivity contribution is -0.141. The SMILES string of the molecule is CCCC1(C(=O)N(CC)CCC(=O)O)CCCN1. The molecule has 18 heavy (non-hydrogen) atoms. The largest absolute Gasteiger partial charge is 0.481 e. The van der Waals surface area contributed by atoms with Crippen molar-refractivity contribution in [1.82, 2.24) is 10.2 Å². The molecule has 5 nitrogen and oxygen atoms in total. The van der Waals surface area contributed by atoms with Crippen molar-refractivity contribution >= 4 is 11.9 Å². The highest BCUT2D eigenvalue weighted by Crippen LogP contribution is 2.27. The summed E-state index contributed by atoms with van der Waals surface area (Å²) in [6, 6.07) is 0. The van der Waals surface area contributed by atoms with Crippen LogP contribution in [0.3, 0.4) is 0 Å². The summed E-state index contributed by atoms with van der Waals surface area (Å²) in [5, 5.41) is 12.1. The molecule has 5 heteroatoms. The fourth-order valence-corrected chi connectivity index (χ4v) is 2.67. The quantitative estimate of drug-likeness (QED) is 0.719. The van der Waals surface area contributed by atoms with E-state index >= 15 is 0 Å². The van der Waals surface area contributed by atoms with Gasteiger partial charge in [-0.2, -0.15) is 0 Å². The maximum absolute atomic E-state index is 12.6. The Morgan fingerprint density at radius 3 is 2.56 bits per heavy atom. The van der Waals surface area contributed by atoms with Crippen molar-refractivity contribution in [3.63, 3.8) is 0 Å². The van der Waals surface area contributed by atoms with E-state index < -0.39 is 11.5 Å². The molecule has 1 heterocycles. The highest BCUT2D eigenvalue weighted by Gasteiger charge is 2.42. The van der Waals surface area contributed by atoms with Crippen molar-refractivity contribution in [2.75, 3.05) is 19.6 Å². The van der Waals surface area contributed by atoms with Crippen LogP contribution < -0.4 is 5.32 Å².